The topological polar surface area (TPSA) is 64.1 Å². The first-order chi connectivity index (χ1) is 13.7. The zero-order valence-electron chi connectivity index (χ0n) is 16.7. The lowest BCUT2D eigenvalue weighted by Crippen LogP contribution is -2.38. The van der Waals surface area contributed by atoms with Gasteiger partial charge in [-0.2, -0.15) is 0 Å². The highest BCUT2D eigenvalue weighted by Gasteiger charge is 2.16. The molecule has 1 aliphatic heterocycles. The zero-order valence-corrected chi connectivity index (χ0v) is 19.0. The highest BCUT2D eigenvalue weighted by molar-refractivity contribution is 14.0. The number of aliphatic imine (C=N–C) groups is 1. The molecule has 6 nitrogen and oxygen atoms in total. The van der Waals surface area contributed by atoms with Gasteiger partial charge < -0.3 is 24.8 Å². The average Bonchev–Trinajstić information content (AvgIpc) is 2.72. The average molecular weight is 515 g/mol. The van der Waals surface area contributed by atoms with Crippen molar-refractivity contribution in [1.29, 1.82) is 0 Å². The monoisotopic (exact) mass is 515 g/mol. The molecule has 0 bridgehead atoms. The fourth-order valence-electron chi connectivity index (χ4n) is 3.00. The Morgan fingerprint density at radius 2 is 2.00 bits per heavy atom. The molecule has 0 fully saturated rings. The predicted molar refractivity (Wildman–Crippen MR) is 122 cm³/mol. The molecule has 2 N–H and O–H groups in total. The van der Waals surface area contributed by atoms with E-state index in [1.54, 1.807) is 7.11 Å². The molecule has 1 aliphatic rings. The molecule has 2 aromatic rings. The second kappa shape index (κ2) is 11.8. The molecule has 29 heavy (non-hydrogen) atoms. The molecule has 2 aromatic carbocycles. The number of hydrogen-bond donors (Lipinski definition) is 2. The molecular formula is C21H27FIN3O3. The van der Waals surface area contributed by atoms with Gasteiger partial charge >= 0.3 is 0 Å². The van der Waals surface area contributed by atoms with Gasteiger partial charge in [-0.3, -0.25) is 0 Å². The number of methoxy groups -OCH3 is 1. The molecule has 0 aliphatic carbocycles. The molecule has 0 saturated carbocycles. The van der Waals surface area contributed by atoms with E-state index in [-0.39, 0.29) is 36.6 Å². The Bertz CT molecular complexity index is 816. The Hall–Kier alpha value is -2.07. The Kier molecular flexibility index (Phi) is 9.46. The van der Waals surface area contributed by atoms with E-state index in [2.05, 4.69) is 15.6 Å². The highest BCUT2D eigenvalue weighted by Crippen LogP contribution is 2.29. The van der Waals surface area contributed by atoms with Crippen LogP contribution in [0.5, 0.6) is 11.5 Å². The number of benzene rings is 2. The van der Waals surface area contributed by atoms with Crippen LogP contribution in [0.25, 0.3) is 0 Å². The van der Waals surface area contributed by atoms with Crippen LogP contribution in [0.3, 0.4) is 0 Å². The van der Waals surface area contributed by atoms with Gasteiger partial charge in [0.05, 0.1) is 20.3 Å². The minimum absolute atomic E-state index is 0. The SMILES string of the molecule is CCNC(=NCc1ccc(OC)cc1)NCCc1cc(F)cc2c1OCOC2.I. The summed E-state index contributed by atoms with van der Waals surface area (Å²) in [6, 6.07) is 10.8. The fraction of sp³-hybridized carbons (Fsp3) is 0.381. The predicted octanol–water partition coefficient (Wildman–Crippen LogP) is 3.62. The van der Waals surface area contributed by atoms with Crippen LogP contribution in [0.4, 0.5) is 4.39 Å². The largest absolute Gasteiger partial charge is 0.497 e. The third-order valence-electron chi connectivity index (χ3n) is 4.36. The van der Waals surface area contributed by atoms with Crippen molar-refractivity contribution in [2.75, 3.05) is 27.0 Å². The van der Waals surface area contributed by atoms with Crippen LogP contribution in [0.2, 0.25) is 0 Å². The number of nitrogens with zero attached hydrogens (tertiary/aromatic N) is 1. The fourth-order valence-corrected chi connectivity index (χ4v) is 3.00. The van der Waals surface area contributed by atoms with Crippen LogP contribution < -0.4 is 20.1 Å². The molecule has 0 radical (unpaired) electrons. The molecule has 1 heterocycles. The number of nitrogens with one attached hydrogen (secondary N) is 2. The second-order valence-corrected chi connectivity index (χ2v) is 6.38. The summed E-state index contributed by atoms with van der Waals surface area (Å²) in [6.45, 7) is 4.50. The number of hydrogen-bond acceptors (Lipinski definition) is 4. The van der Waals surface area contributed by atoms with Crippen molar-refractivity contribution in [1.82, 2.24) is 10.6 Å². The van der Waals surface area contributed by atoms with Crippen LogP contribution in [0.1, 0.15) is 23.6 Å². The van der Waals surface area contributed by atoms with Gasteiger partial charge in [0.2, 0.25) is 0 Å². The lowest BCUT2D eigenvalue weighted by molar-refractivity contribution is -0.0172. The summed E-state index contributed by atoms with van der Waals surface area (Å²) < 4.78 is 29.8. The first-order valence-electron chi connectivity index (χ1n) is 9.36. The molecule has 0 spiro atoms. The van der Waals surface area contributed by atoms with E-state index in [0.717, 1.165) is 34.7 Å². The molecular weight excluding hydrogens is 488 g/mol. The van der Waals surface area contributed by atoms with Crippen LogP contribution in [-0.4, -0.2) is 33.0 Å². The molecule has 3 rings (SSSR count). The summed E-state index contributed by atoms with van der Waals surface area (Å²) in [5.74, 6) is 1.99. The lowest BCUT2D eigenvalue weighted by Gasteiger charge is -2.21. The zero-order chi connectivity index (χ0) is 19.8. The Morgan fingerprint density at radius 1 is 1.21 bits per heavy atom. The molecule has 0 aromatic heterocycles. The summed E-state index contributed by atoms with van der Waals surface area (Å²) >= 11 is 0. The third-order valence-corrected chi connectivity index (χ3v) is 4.36. The minimum atomic E-state index is -0.275. The smallest absolute Gasteiger partial charge is 0.191 e. The van der Waals surface area contributed by atoms with Crippen molar-refractivity contribution in [2.24, 2.45) is 4.99 Å². The highest BCUT2D eigenvalue weighted by atomic mass is 127. The van der Waals surface area contributed by atoms with E-state index < -0.39 is 0 Å². The Morgan fingerprint density at radius 3 is 2.72 bits per heavy atom. The van der Waals surface area contributed by atoms with Crippen LogP contribution in [0.15, 0.2) is 41.4 Å². The maximum atomic E-state index is 13.8. The van der Waals surface area contributed by atoms with Gasteiger partial charge in [-0.25, -0.2) is 9.38 Å². The van der Waals surface area contributed by atoms with E-state index in [1.165, 1.54) is 12.1 Å². The van der Waals surface area contributed by atoms with Crippen molar-refractivity contribution in [3.8, 4) is 11.5 Å². The van der Waals surface area contributed by atoms with Crippen molar-refractivity contribution >= 4 is 29.9 Å². The lowest BCUT2D eigenvalue weighted by atomic mass is 10.1. The van der Waals surface area contributed by atoms with Crippen molar-refractivity contribution in [3.63, 3.8) is 0 Å². The Labute approximate surface area is 187 Å². The first kappa shape index (κ1) is 23.2. The minimum Gasteiger partial charge on any atom is -0.497 e. The van der Waals surface area contributed by atoms with Gasteiger partial charge in [0.15, 0.2) is 12.8 Å². The van der Waals surface area contributed by atoms with E-state index in [0.29, 0.717) is 32.1 Å². The molecule has 0 saturated heterocycles. The normalized spacial score (nSPS) is 13.0. The van der Waals surface area contributed by atoms with Gasteiger partial charge in [0, 0.05) is 18.7 Å². The van der Waals surface area contributed by atoms with E-state index in [4.69, 9.17) is 14.2 Å². The third kappa shape index (κ3) is 6.74. The van der Waals surface area contributed by atoms with Gasteiger partial charge in [-0.1, -0.05) is 12.1 Å². The van der Waals surface area contributed by atoms with Gasteiger partial charge in [-0.05, 0) is 48.7 Å². The van der Waals surface area contributed by atoms with Gasteiger partial charge in [-0.15, -0.1) is 24.0 Å². The number of guanidine groups is 1. The van der Waals surface area contributed by atoms with Crippen molar-refractivity contribution in [2.45, 2.75) is 26.5 Å². The maximum Gasteiger partial charge on any atom is 0.191 e. The van der Waals surface area contributed by atoms with Crippen molar-refractivity contribution < 1.29 is 18.6 Å². The van der Waals surface area contributed by atoms with E-state index in [9.17, 15) is 4.39 Å². The second-order valence-electron chi connectivity index (χ2n) is 6.38. The van der Waals surface area contributed by atoms with E-state index in [1.807, 2.05) is 31.2 Å². The van der Waals surface area contributed by atoms with Crippen LogP contribution >= 0.6 is 24.0 Å². The summed E-state index contributed by atoms with van der Waals surface area (Å²) in [5.41, 5.74) is 2.67. The number of halogens is 2. The van der Waals surface area contributed by atoms with Gasteiger partial charge in [0.25, 0.3) is 0 Å². The first-order valence-corrected chi connectivity index (χ1v) is 9.36. The van der Waals surface area contributed by atoms with Crippen molar-refractivity contribution in [3.05, 3.63) is 58.9 Å². The van der Waals surface area contributed by atoms with Crippen LogP contribution in [-0.2, 0) is 24.3 Å². The molecule has 158 valence electrons. The van der Waals surface area contributed by atoms with Gasteiger partial charge in [0.1, 0.15) is 17.3 Å². The summed E-state index contributed by atoms with van der Waals surface area (Å²) in [7, 11) is 1.65. The Balaban J connectivity index is 0.00000300. The van der Waals surface area contributed by atoms with E-state index >= 15 is 0 Å². The molecule has 8 heteroatoms. The molecule has 0 amide bonds. The standard InChI is InChI=1S/C21H26FN3O3.HI/c1-3-23-21(25-12-15-4-6-19(26-2)7-5-15)24-9-8-16-10-18(22)11-17-13-27-14-28-20(16)17;/h4-7,10-11H,3,8-9,12-14H2,1-2H3,(H2,23,24,25);1H. The quantitative estimate of drug-likeness (QED) is 0.335. The summed E-state index contributed by atoms with van der Waals surface area (Å²) in [4.78, 5) is 4.60. The number of rotatable bonds is 7. The number of ether oxygens (including phenoxy) is 3. The molecule has 0 unspecified atom stereocenters. The van der Waals surface area contributed by atoms with Crippen LogP contribution in [0, 0.1) is 5.82 Å². The number of fused-ring (bicyclic) bond motifs is 1. The summed E-state index contributed by atoms with van der Waals surface area (Å²) in [5, 5.41) is 6.52. The maximum absolute atomic E-state index is 13.8. The molecule has 0 atom stereocenters. The summed E-state index contributed by atoms with van der Waals surface area (Å²) in [6.07, 6.45) is 0.618.